The summed E-state index contributed by atoms with van der Waals surface area (Å²) in [4.78, 5) is 14.1. The highest BCUT2D eigenvalue weighted by atomic mass is 35.5. The Labute approximate surface area is 253 Å². The summed E-state index contributed by atoms with van der Waals surface area (Å²) in [6.07, 6.45) is -4.84. The molecule has 0 radical (unpaired) electrons. The maximum Gasteiger partial charge on any atom is 0.390 e. The summed E-state index contributed by atoms with van der Waals surface area (Å²) in [5.74, 6) is -0.0305. The van der Waals surface area contributed by atoms with E-state index in [1.165, 1.54) is 0 Å². The van der Waals surface area contributed by atoms with Crippen LogP contribution in [0, 0.1) is 5.41 Å². The van der Waals surface area contributed by atoms with Crippen molar-refractivity contribution in [3.8, 4) is 0 Å². The Morgan fingerprint density at radius 3 is 2.44 bits per heavy atom. The van der Waals surface area contributed by atoms with E-state index in [1.54, 1.807) is 28.9 Å². The first kappa shape index (κ1) is 31.6. The molecule has 1 heterocycles. The molecular weight excluding hydrogens is 577 g/mol. The fourth-order valence-corrected chi connectivity index (χ4v) is 4.85. The molecule has 1 aromatic heterocycles. The van der Waals surface area contributed by atoms with E-state index in [2.05, 4.69) is 25.7 Å². The van der Waals surface area contributed by atoms with Crippen LogP contribution in [0.3, 0.4) is 0 Å². The quantitative estimate of drug-likeness (QED) is 0.127. The van der Waals surface area contributed by atoms with Crippen LogP contribution in [0.15, 0.2) is 73.3 Å². The number of alkyl halides is 3. The van der Waals surface area contributed by atoms with Crippen molar-refractivity contribution >= 4 is 40.1 Å². The molecule has 1 atom stereocenters. The molecule has 0 saturated heterocycles. The number of urea groups is 1. The summed E-state index contributed by atoms with van der Waals surface area (Å²) in [6.45, 7) is 7.47. The second-order valence-electron chi connectivity index (χ2n) is 10.4. The number of amidine groups is 1. The van der Waals surface area contributed by atoms with Crippen LogP contribution in [0.5, 0.6) is 0 Å². The van der Waals surface area contributed by atoms with Gasteiger partial charge < -0.3 is 11.1 Å². The Morgan fingerprint density at radius 2 is 1.81 bits per heavy atom. The first-order valence-corrected chi connectivity index (χ1v) is 14.2. The van der Waals surface area contributed by atoms with Gasteiger partial charge in [-0.3, -0.25) is 15.0 Å². The zero-order valence-electron chi connectivity index (χ0n) is 24.0. The molecular formula is C32H34ClF3N6O. The second kappa shape index (κ2) is 13.3. The van der Waals surface area contributed by atoms with Crippen molar-refractivity contribution < 1.29 is 18.0 Å². The SMILES string of the molecule is C=C(N)c1ccc2c(CNC(=O)N(CCC(F)(F)F)C(=N)c3ccc(C(C)CC)cc3)nn(Cc3ccccc3Cl)c2c1. The fourth-order valence-electron chi connectivity index (χ4n) is 4.65. The number of nitrogens with zero attached hydrogens (tertiary/aromatic N) is 3. The van der Waals surface area contributed by atoms with Gasteiger partial charge in [-0.15, -0.1) is 0 Å². The number of halogens is 4. The summed E-state index contributed by atoms with van der Waals surface area (Å²) in [7, 11) is 0. The maximum absolute atomic E-state index is 13.3. The zero-order chi connectivity index (χ0) is 31.3. The van der Waals surface area contributed by atoms with Crippen LogP contribution in [-0.4, -0.2) is 39.3 Å². The molecule has 4 aromatic rings. The van der Waals surface area contributed by atoms with E-state index in [4.69, 9.17) is 27.8 Å². The van der Waals surface area contributed by atoms with E-state index >= 15 is 0 Å². The number of benzene rings is 3. The highest BCUT2D eigenvalue weighted by Gasteiger charge is 2.31. The Morgan fingerprint density at radius 1 is 1.14 bits per heavy atom. The van der Waals surface area contributed by atoms with Crippen molar-refractivity contribution in [1.29, 1.82) is 5.41 Å². The molecule has 0 aliphatic rings. The van der Waals surface area contributed by atoms with Crippen LogP contribution < -0.4 is 11.1 Å². The lowest BCUT2D eigenvalue weighted by Crippen LogP contribution is -2.45. The largest absolute Gasteiger partial charge is 0.399 e. The lowest BCUT2D eigenvalue weighted by Gasteiger charge is -2.24. The Kier molecular flexibility index (Phi) is 9.80. The summed E-state index contributed by atoms with van der Waals surface area (Å²) in [5.41, 5.74) is 10.4. The van der Waals surface area contributed by atoms with Gasteiger partial charge in [-0.25, -0.2) is 4.79 Å². The number of hydrogen-bond donors (Lipinski definition) is 3. The topological polar surface area (TPSA) is 100 Å². The van der Waals surface area contributed by atoms with E-state index < -0.39 is 25.2 Å². The Balaban J connectivity index is 1.61. The normalized spacial score (nSPS) is 12.2. The minimum absolute atomic E-state index is 0.0868. The number of rotatable bonds is 10. The fraction of sp³-hybridized carbons (Fsp3) is 0.281. The maximum atomic E-state index is 13.3. The molecule has 0 aliphatic heterocycles. The van der Waals surface area contributed by atoms with Gasteiger partial charge in [-0.05, 0) is 41.2 Å². The zero-order valence-corrected chi connectivity index (χ0v) is 24.8. The number of nitrogens with one attached hydrogen (secondary N) is 2. The highest BCUT2D eigenvalue weighted by Crippen LogP contribution is 2.26. The third-order valence-electron chi connectivity index (χ3n) is 7.38. The second-order valence-corrected chi connectivity index (χ2v) is 10.8. The first-order valence-electron chi connectivity index (χ1n) is 13.9. The van der Waals surface area contributed by atoms with Gasteiger partial charge in [0.2, 0.25) is 0 Å². The van der Waals surface area contributed by atoms with Gasteiger partial charge >= 0.3 is 12.2 Å². The molecule has 4 N–H and O–H groups in total. The molecule has 7 nitrogen and oxygen atoms in total. The summed E-state index contributed by atoms with van der Waals surface area (Å²) < 4.78 is 41.3. The molecule has 0 saturated carbocycles. The van der Waals surface area contributed by atoms with Gasteiger partial charge in [-0.2, -0.15) is 18.3 Å². The van der Waals surface area contributed by atoms with Gasteiger partial charge in [-0.1, -0.05) is 86.6 Å². The van der Waals surface area contributed by atoms with E-state index in [-0.39, 0.29) is 12.4 Å². The van der Waals surface area contributed by atoms with E-state index in [0.717, 1.165) is 33.4 Å². The Bertz CT molecular complexity index is 1630. The molecule has 226 valence electrons. The highest BCUT2D eigenvalue weighted by molar-refractivity contribution is 6.31. The number of amides is 2. The van der Waals surface area contributed by atoms with Gasteiger partial charge in [0.05, 0.1) is 30.7 Å². The third kappa shape index (κ3) is 7.75. The van der Waals surface area contributed by atoms with Crippen molar-refractivity contribution in [3.05, 3.63) is 106 Å². The molecule has 1 unspecified atom stereocenters. The van der Waals surface area contributed by atoms with Crippen molar-refractivity contribution in [2.24, 2.45) is 5.73 Å². The van der Waals surface area contributed by atoms with Crippen LogP contribution >= 0.6 is 11.6 Å². The van der Waals surface area contributed by atoms with Crippen molar-refractivity contribution in [1.82, 2.24) is 20.0 Å². The van der Waals surface area contributed by atoms with Crippen LogP contribution in [0.25, 0.3) is 16.6 Å². The van der Waals surface area contributed by atoms with Gasteiger partial charge in [0.1, 0.15) is 5.84 Å². The minimum Gasteiger partial charge on any atom is -0.399 e. The summed E-state index contributed by atoms with van der Waals surface area (Å²) in [6, 6.07) is 18.9. The molecule has 3 aromatic carbocycles. The number of carbonyl (C=O) groups excluding carboxylic acids is 1. The van der Waals surface area contributed by atoms with Crippen LogP contribution in [0.2, 0.25) is 5.02 Å². The molecule has 0 spiro atoms. The number of aromatic nitrogens is 2. The monoisotopic (exact) mass is 610 g/mol. The number of nitrogens with two attached hydrogens (primary N) is 1. The molecule has 11 heteroatoms. The molecule has 0 aliphatic carbocycles. The van der Waals surface area contributed by atoms with Crippen LogP contribution in [0.1, 0.15) is 60.6 Å². The van der Waals surface area contributed by atoms with Gasteiger partial charge in [0.15, 0.2) is 0 Å². The molecule has 43 heavy (non-hydrogen) atoms. The molecule has 4 rings (SSSR count). The molecule has 0 bridgehead atoms. The van der Waals surface area contributed by atoms with Crippen LogP contribution in [-0.2, 0) is 13.1 Å². The van der Waals surface area contributed by atoms with Crippen molar-refractivity contribution in [3.63, 3.8) is 0 Å². The minimum atomic E-state index is -4.50. The average Bonchev–Trinajstić information content (AvgIpc) is 3.32. The lowest BCUT2D eigenvalue weighted by molar-refractivity contribution is -0.135. The van der Waals surface area contributed by atoms with Crippen LogP contribution in [0.4, 0.5) is 18.0 Å². The third-order valence-corrected chi connectivity index (χ3v) is 7.75. The summed E-state index contributed by atoms with van der Waals surface area (Å²) in [5, 5.41) is 17.3. The number of hydrogen-bond acceptors (Lipinski definition) is 4. The van der Waals surface area contributed by atoms with Crippen molar-refractivity contribution in [2.45, 2.75) is 51.9 Å². The molecule has 2 amide bonds. The predicted octanol–water partition coefficient (Wildman–Crippen LogP) is 7.67. The van der Waals surface area contributed by atoms with Gasteiger partial charge in [0.25, 0.3) is 0 Å². The van der Waals surface area contributed by atoms with E-state index in [9.17, 15) is 18.0 Å². The van der Waals surface area contributed by atoms with E-state index in [0.29, 0.717) is 40.0 Å². The average molecular weight is 611 g/mol. The lowest BCUT2D eigenvalue weighted by atomic mass is 9.97. The number of carbonyl (C=O) groups is 1. The predicted molar refractivity (Wildman–Crippen MR) is 165 cm³/mol. The summed E-state index contributed by atoms with van der Waals surface area (Å²) >= 11 is 6.39. The Hall–Kier alpha value is -4.31. The molecule has 0 fully saturated rings. The van der Waals surface area contributed by atoms with E-state index in [1.807, 2.05) is 42.5 Å². The standard InChI is InChI=1S/C32H34ClF3N6O/c1-4-20(2)22-9-11-23(12-10-22)30(38)41(16-15-32(34,35)36)31(43)39-18-28-26-14-13-24(21(3)37)17-29(26)42(40-28)19-25-7-5-6-8-27(25)33/h5-14,17,20,38H,3-4,15-16,18-19,37H2,1-2H3,(H,39,43). The van der Waals surface area contributed by atoms with Gasteiger partial charge in [0, 0.05) is 28.2 Å². The smallest absolute Gasteiger partial charge is 0.390 e. The first-order chi connectivity index (χ1) is 20.4. The number of fused-ring (bicyclic) bond motifs is 1. The van der Waals surface area contributed by atoms with Crippen molar-refractivity contribution in [2.75, 3.05) is 6.54 Å².